The fourth-order valence-electron chi connectivity index (χ4n) is 2.35. The first kappa shape index (κ1) is 10.7. The van der Waals surface area contributed by atoms with E-state index in [0.29, 0.717) is 11.3 Å². The number of nitrogens with zero attached hydrogens (tertiary/aromatic N) is 1. The van der Waals surface area contributed by atoms with E-state index in [1.165, 1.54) is 10.6 Å². The van der Waals surface area contributed by atoms with Crippen molar-refractivity contribution in [1.29, 1.82) is 0 Å². The first-order valence-corrected chi connectivity index (χ1v) is 6.80. The average Bonchev–Trinajstić information content (AvgIpc) is 2.39. The van der Waals surface area contributed by atoms with Crippen molar-refractivity contribution in [3.63, 3.8) is 0 Å². The van der Waals surface area contributed by atoms with Crippen molar-refractivity contribution in [2.45, 2.75) is 23.1 Å². The maximum Gasteiger partial charge on any atom is 0.0677 e. The van der Waals surface area contributed by atoms with Crippen LogP contribution in [0.15, 0.2) is 65.7 Å². The molecule has 0 saturated carbocycles. The maximum atomic E-state index is 2.37. The predicted molar refractivity (Wildman–Crippen MR) is 75.4 cm³/mol. The smallest absolute Gasteiger partial charge is 0.0677 e. The molecular weight excluding hydrogens is 226 g/mol. The summed E-state index contributed by atoms with van der Waals surface area (Å²) in [6.07, 6.45) is 13.2. The SMILES string of the molecule is CC=CN1c2ccccc2SC2C=CC=CC21. The van der Waals surface area contributed by atoms with Crippen LogP contribution in [0.2, 0.25) is 0 Å². The van der Waals surface area contributed by atoms with Gasteiger partial charge in [0.2, 0.25) is 0 Å². The van der Waals surface area contributed by atoms with E-state index < -0.39 is 0 Å². The minimum atomic E-state index is 0.441. The zero-order chi connectivity index (χ0) is 11.7. The fourth-order valence-corrected chi connectivity index (χ4v) is 3.63. The topological polar surface area (TPSA) is 3.24 Å². The van der Waals surface area contributed by atoms with Gasteiger partial charge in [-0.3, -0.25) is 0 Å². The number of benzene rings is 1. The van der Waals surface area contributed by atoms with Crippen LogP contribution in [0.3, 0.4) is 0 Å². The van der Waals surface area contributed by atoms with Gasteiger partial charge in [0.15, 0.2) is 0 Å². The Morgan fingerprint density at radius 1 is 1.18 bits per heavy atom. The van der Waals surface area contributed by atoms with Gasteiger partial charge in [0.1, 0.15) is 0 Å². The van der Waals surface area contributed by atoms with Crippen molar-refractivity contribution in [2.24, 2.45) is 0 Å². The number of anilines is 1. The lowest BCUT2D eigenvalue weighted by Crippen LogP contribution is -2.40. The van der Waals surface area contributed by atoms with Crippen LogP contribution in [0.5, 0.6) is 0 Å². The Balaban J connectivity index is 2.09. The summed E-state index contributed by atoms with van der Waals surface area (Å²) in [4.78, 5) is 3.74. The third-order valence-electron chi connectivity index (χ3n) is 3.09. The summed E-state index contributed by atoms with van der Waals surface area (Å²) in [7, 11) is 0. The highest BCUT2D eigenvalue weighted by Crippen LogP contribution is 2.43. The lowest BCUT2D eigenvalue weighted by Gasteiger charge is -2.39. The van der Waals surface area contributed by atoms with Gasteiger partial charge >= 0.3 is 0 Å². The third-order valence-corrected chi connectivity index (χ3v) is 4.40. The van der Waals surface area contributed by atoms with E-state index in [1.807, 2.05) is 11.8 Å². The van der Waals surface area contributed by atoms with Crippen LogP contribution < -0.4 is 4.90 Å². The van der Waals surface area contributed by atoms with Crippen molar-refractivity contribution in [3.8, 4) is 0 Å². The van der Waals surface area contributed by atoms with Crippen molar-refractivity contribution in [2.75, 3.05) is 4.90 Å². The summed E-state index contributed by atoms with van der Waals surface area (Å²) < 4.78 is 0. The molecule has 2 aliphatic rings. The molecule has 0 amide bonds. The number of para-hydroxylation sites is 1. The normalized spacial score (nSPS) is 26.1. The molecule has 0 fully saturated rings. The van der Waals surface area contributed by atoms with Gasteiger partial charge in [-0.1, -0.05) is 42.5 Å². The minimum absolute atomic E-state index is 0.441. The van der Waals surface area contributed by atoms with E-state index in [4.69, 9.17) is 0 Å². The van der Waals surface area contributed by atoms with Gasteiger partial charge in [-0.25, -0.2) is 0 Å². The molecule has 1 aromatic rings. The summed E-state index contributed by atoms with van der Waals surface area (Å²) in [5, 5.41) is 0.520. The number of hydrogen-bond donors (Lipinski definition) is 0. The molecule has 0 radical (unpaired) electrons. The van der Waals surface area contributed by atoms with E-state index in [0.717, 1.165) is 0 Å². The van der Waals surface area contributed by atoms with Crippen LogP contribution in [0.1, 0.15) is 6.92 Å². The van der Waals surface area contributed by atoms with Gasteiger partial charge in [0, 0.05) is 11.1 Å². The molecule has 3 rings (SSSR count). The molecule has 0 bridgehead atoms. The van der Waals surface area contributed by atoms with Crippen molar-refractivity contribution >= 4 is 17.4 Å². The molecule has 1 aliphatic carbocycles. The van der Waals surface area contributed by atoms with Crippen LogP contribution in [-0.2, 0) is 0 Å². The highest BCUT2D eigenvalue weighted by Gasteiger charge is 2.31. The largest absolute Gasteiger partial charge is 0.339 e. The summed E-state index contributed by atoms with van der Waals surface area (Å²) in [5.41, 5.74) is 1.32. The second-order valence-corrected chi connectivity index (χ2v) is 5.42. The monoisotopic (exact) mass is 241 g/mol. The highest BCUT2D eigenvalue weighted by molar-refractivity contribution is 8.00. The Morgan fingerprint density at radius 3 is 2.88 bits per heavy atom. The van der Waals surface area contributed by atoms with Crippen LogP contribution in [0.4, 0.5) is 5.69 Å². The lowest BCUT2D eigenvalue weighted by atomic mass is 10.1. The van der Waals surface area contributed by atoms with E-state index in [2.05, 4.69) is 72.7 Å². The number of thioether (sulfide) groups is 1. The first-order chi connectivity index (χ1) is 8.40. The molecule has 1 heterocycles. The quantitative estimate of drug-likeness (QED) is 0.731. The van der Waals surface area contributed by atoms with E-state index >= 15 is 0 Å². The Kier molecular flexibility index (Phi) is 2.81. The number of allylic oxidation sites excluding steroid dienone is 3. The average molecular weight is 241 g/mol. The summed E-state index contributed by atoms with van der Waals surface area (Å²) in [6.45, 7) is 2.07. The Morgan fingerprint density at radius 2 is 2.00 bits per heavy atom. The second kappa shape index (κ2) is 4.46. The van der Waals surface area contributed by atoms with Gasteiger partial charge in [0.05, 0.1) is 17.0 Å². The summed E-state index contributed by atoms with van der Waals surface area (Å²) in [6, 6.07) is 9.07. The Hall–Kier alpha value is -1.41. The van der Waals surface area contributed by atoms with Gasteiger partial charge in [-0.2, -0.15) is 0 Å². The zero-order valence-corrected chi connectivity index (χ0v) is 10.6. The van der Waals surface area contributed by atoms with Gasteiger partial charge < -0.3 is 4.90 Å². The molecule has 2 heteroatoms. The second-order valence-electron chi connectivity index (χ2n) is 4.20. The van der Waals surface area contributed by atoms with E-state index in [1.54, 1.807) is 0 Å². The molecule has 2 unspecified atom stereocenters. The zero-order valence-electron chi connectivity index (χ0n) is 9.78. The molecule has 1 aliphatic heterocycles. The van der Waals surface area contributed by atoms with E-state index in [9.17, 15) is 0 Å². The van der Waals surface area contributed by atoms with Crippen LogP contribution in [0, 0.1) is 0 Å². The van der Waals surface area contributed by atoms with E-state index in [-0.39, 0.29) is 0 Å². The molecule has 1 aromatic carbocycles. The molecular formula is C15H15NS. The molecule has 86 valence electrons. The van der Waals surface area contributed by atoms with Crippen molar-refractivity contribution < 1.29 is 0 Å². The Bertz CT molecular complexity index is 501. The van der Waals surface area contributed by atoms with Gasteiger partial charge in [-0.05, 0) is 19.1 Å². The van der Waals surface area contributed by atoms with Crippen molar-refractivity contribution in [3.05, 3.63) is 60.8 Å². The molecule has 2 atom stereocenters. The molecule has 0 N–H and O–H groups in total. The summed E-state index contributed by atoms with van der Waals surface area (Å²) >= 11 is 1.96. The predicted octanol–water partition coefficient (Wildman–Crippen LogP) is 4.00. The van der Waals surface area contributed by atoms with Crippen molar-refractivity contribution in [1.82, 2.24) is 0 Å². The standard InChI is InChI=1S/C15H15NS/c1-2-11-16-12-7-3-5-9-14(12)17-15-10-6-4-8-13(15)16/h2-12,14H,1H3. The first-order valence-electron chi connectivity index (χ1n) is 5.92. The number of hydrogen-bond acceptors (Lipinski definition) is 2. The molecule has 0 saturated heterocycles. The fraction of sp³-hybridized carbons (Fsp3) is 0.200. The minimum Gasteiger partial charge on any atom is -0.339 e. The third kappa shape index (κ3) is 1.83. The molecule has 1 nitrogen and oxygen atoms in total. The number of fused-ring (bicyclic) bond motifs is 2. The van der Waals surface area contributed by atoms with Gasteiger partial charge in [0.25, 0.3) is 0 Å². The summed E-state index contributed by atoms with van der Waals surface area (Å²) in [5.74, 6) is 0. The van der Waals surface area contributed by atoms with Crippen LogP contribution in [0.25, 0.3) is 0 Å². The number of rotatable bonds is 1. The molecule has 0 aromatic heterocycles. The van der Waals surface area contributed by atoms with Gasteiger partial charge in [-0.15, -0.1) is 11.8 Å². The molecule has 0 spiro atoms. The molecule has 17 heavy (non-hydrogen) atoms. The Labute approximate surface area is 107 Å². The van der Waals surface area contributed by atoms with Crippen LogP contribution in [-0.4, -0.2) is 11.3 Å². The highest BCUT2D eigenvalue weighted by atomic mass is 32.2. The lowest BCUT2D eigenvalue weighted by molar-refractivity contribution is 0.772. The van der Waals surface area contributed by atoms with Crippen LogP contribution >= 0.6 is 11.8 Å². The maximum absolute atomic E-state index is 2.37.